The third kappa shape index (κ3) is 4.79. The van der Waals surface area contributed by atoms with E-state index in [-0.39, 0.29) is 25.6 Å². The fourth-order valence-corrected chi connectivity index (χ4v) is 7.41. The summed E-state index contributed by atoms with van der Waals surface area (Å²) < 4.78 is 2.42. The van der Waals surface area contributed by atoms with Gasteiger partial charge in [0, 0.05) is 37.6 Å². The van der Waals surface area contributed by atoms with Gasteiger partial charge in [0.05, 0.1) is 22.4 Å². The summed E-state index contributed by atoms with van der Waals surface area (Å²) in [5, 5.41) is 0. The molecule has 1 aliphatic carbocycles. The zero-order valence-corrected chi connectivity index (χ0v) is 26.0. The predicted molar refractivity (Wildman–Crippen MR) is 161 cm³/mol. The number of allylic oxidation sites excluding steroid dienone is 2. The van der Waals surface area contributed by atoms with Crippen molar-refractivity contribution in [2.45, 2.75) is 55.7 Å². The molecule has 3 aliphatic rings. The van der Waals surface area contributed by atoms with Gasteiger partial charge >= 0.3 is 0 Å². The van der Waals surface area contributed by atoms with Gasteiger partial charge in [-0.2, -0.15) is 0 Å². The van der Waals surface area contributed by atoms with E-state index in [0.717, 1.165) is 28.4 Å². The fourth-order valence-electron chi connectivity index (χ4n) is 6.39. The number of aromatic nitrogens is 3. The van der Waals surface area contributed by atoms with E-state index in [4.69, 9.17) is 4.98 Å². The van der Waals surface area contributed by atoms with Crippen LogP contribution in [0.5, 0.6) is 0 Å². The Balaban J connectivity index is 0.000000164. The van der Waals surface area contributed by atoms with Gasteiger partial charge in [0.1, 0.15) is 0 Å². The first kappa shape index (κ1) is 27.2. The van der Waals surface area contributed by atoms with Crippen LogP contribution in [0.4, 0.5) is 0 Å². The molecule has 0 atom stereocenters. The van der Waals surface area contributed by atoms with Gasteiger partial charge < -0.3 is 9.55 Å². The SMILES string of the molecule is CC1(C)C=C(C2CCCC2)c2cccc3nc(-c4[c-]cccc4)n1c23.[Ir].[c-]1cccc2c1-c1ncccc1SC2. The summed E-state index contributed by atoms with van der Waals surface area (Å²) in [6, 6.07) is 31.6. The second kappa shape index (κ2) is 11.1. The molecule has 3 aromatic carbocycles. The van der Waals surface area contributed by atoms with Gasteiger partial charge in [0.2, 0.25) is 0 Å². The molecule has 1 saturated carbocycles. The van der Waals surface area contributed by atoms with Crippen molar-refractivity contribution in [3.8, 4) is 22.6 Å². The summed E-state index contributed by atoms with van der Waals surface area (Å²) in [6.45, 7) is 4.62. The van der Waals surface area contributed by atoms with Crippen molar-refractivity contribution >= 4 is 28.4 Å². The van der Waals surface area contributed by atoms with Gasteiger partial charge in [-0.3, -0.25) is 4.98 Å². The molecule has 8 rings (SSSR count). The molecule has 0 spiro atoms. The third-order valence-electron chi connectivity index (χ3n) is 8.15. The molecule has 5 aromatic rings. The van der Waals surface area contributed by atoms with E-state index in [1.54, 1.807) is 5.57 Å². The first-order chi connectivity index (χ1) is 19.1. The van der Waals surface area contributed by atoms with E-state index in [0.29, 0.717) is 5.92 Å². The monoisotopic (exact) mass is 718 g/mol. The van der Waals surface area contributed by atoms with E-state index in [2.05, 4.69) is 84.1 Å². The smallest absolute Gasteiger partial charge is 0.0777 e. The van der Waals surface area contributed by atoms with Crippen molar-refractivity contribution in [2.24, 2.45) is 5.92 Å². The van der Waals surface area contributed by atoms with Crippen LogP contribution in [-0.4, -0.2) is 14.5 Å². The maximum atomic E-state index is 5.01. The van der Waals surface area contributed by atoms with E-state index >= 15 is 0 Å². The Hall–Kier alpha value is -2.98. The van der Waals surface area contributed by atoms with Gasteiger partial charge in [-0.25, -0.2) is 0 Å². The Kier molecular flexibility index (Phi) is 7.56. The second-order valence-corrected chi connectivity index (χ2v) is 12.2. The Morgan fingerprint density at radius 3 is 2.60 bits per heavy atom. The Morgan fingerprint density at radius 1 is 0.925 bits per heavy atom. The summed E-state index contributed by atoms with van der Waals surface area (Å²) in [5.74, 6) is 2.76. The first-order valence-corrected chi connectivity index (χ1v) is 14.9. The number of imidazole rings is 1. The van der Waals surface area contributed by atoms with Crippen LogP contribution in [0.25, 0.3) is 39.3 Å². The molecule has 2 aromatic heterocycles. The third-order valence-corrected chi connectivity index (χ3v) is 9.25. The Bertz CT molecular complexity index is 1650. The van der Waals surface area contributed by atoms with Gasteiger partial charge in [0.25, 0.3) is 0 Å². The van der Waals surface area contributed by atoms with E-state index < -0.39 is 0 Å². The van der Waals surface area contributed by atoms with Crippen molar-refractivity contribution < 1.29 is 20.1 Å². The molecule has 4 heterocycles. The molecule has 0 unspecified atom stereocenters. The van der Waals surface area contributed by atoms with Crippen molar-refractivity contribution in [1.29, 1.82) is 0 Å². The maximum absolute atomic E-state index is 5.01. The maximum Gasteiger partial charge on any atom is 0.0777 e. The zero-order chi connectivity index (χ0) is 26.4. The van der Waals surface area contributed by atoms with Crippen molar-refractivity contribution in [3.05, 3.63) is 108 Å². The molecule has 1 radical (unpaired) electrons. The van der Waals surface area contributed by atoms with Crippen LogP contribution >= 0.6 is 11.8 Å². The minimum atomic E-state index is -0.0833. The van der Waals surface area contributed by atoms with Crippen molar-refractivity contribution in [2.75, 3.05) is 0 Å². The fraction of sp³-hybridized carbons (Fsp3) is 0.257. The zero-order valence-electron chi connectivity index (χ0n) is 22.8. The minimum absolute atomic E-state index is 0. The van der Waals surface area contributed by atoms with Crippen molar-refractivity contribution in [1.82, 2.24) is 14.5 Å². The van der Waals surface area contributed by atoms with Crippen LogP contribution in [0.2, 0.25) is 0 Å². The first-order valence-electron chi connectivity index (χ1n) is 13.9. The average Bonchev–Trinajstić information content (AvgIpc) is 3.66. The quantitative estimate of drug-likeness (QED) is 0.171. The number of fused-ring (bicyclic) bond motifs is 3. The molecular formula is C35H31IrN3S-2. The average molecular weight is 718 g/mol. The summed E-state index contributed by atoms with van der Waals surface area (Å²) in [6.07, 6.45) is 9.72. The Labute approximate surface area is 254 Å². The normalized spacial score (nSPS) is 16.7. The van der Waals surface area contributed by atoms with Crippen LogP contribution in [-0.2, 0) is 31.4 Å². The van der Waals surface area contributed by atoms with E-state index in [9.17, 15) is 0 Å². The minimum Gasteiger partial charge on any atom is -0.355 e. The van der Waals surface area contributed by atoms with Crippen molar-refractivity contribution in [3.63, 3.8) is 0 Å². The van der Waals surface area contributed by atoms with Crippen LogP contribution in [0.15, 0.2) is 90.0 Å². The standard InChI is InChI=1S/C23H23N2.C12H8NS.Ir/c1-23(2)15-19(16-9-6-7-10-16)18-13-8-14-20-21(18)25(23)22(24-20)17-11-4-3-5-12-17;1-2-5-10-9(4-1)8-14-11-6-3-7-13-12(10)11;/h3-5,8,11,13-16H,6-7,9-10H2,1-2H3;1-4,6-7H,8H2;/q2*-1;. The van der Waals surface area contributed by atoms with Gasteiger partial charge in [-0.1, -0.05) is 37.1 Å². The summed E-state index contributed by atoms with van der Waals surface area (Å²) in [5.41, 5.74) is 9.90. The van der Waals surface area contributed by atoms with Crippen LogP contribution in [0.3, 0.4) is 0 Å². The molecule has 0 saturated heterocycles. The summed E-state index contributed by atoms with van der Waals surface area (Å²) >= 11 is 1.85. The molecule has 0 N–H and O–H groups in total. The van der Waals surface area contributed by atoms with Crippen LogP contribution < -0.4 is 0 Å². The number of hydrogen-bond acceptors (Lipinski definition) is 3. The topological polar surface area (TPSA) is 30.7 Å². The number of nitrogens with zero attached hydrogens (tertiary/aromatic N) is 3. The summed E-state index contributed by atoms with van der Waals surface area (Å²) in [7, 11) is 0. The number of rotatable bonds is 2. The number of benzene rings is 3. The molecule has 2 aliphatic heterocycles. The second-order valence-electron chi connectivity index (χ2n) is 11.2. The van der Waals surface area contributed by atoms with Gasteiger partial charge in [-0.15, -0.1) is 83.0 Å². The van der Waals surface area contributed by atoms with Gasteiger partial charge in [-0.05, 0) is 61.0 Å². The molecule has 40 heavy (non-hydrogen) atoms. The van der Waals surface area contributed by atoms with Gasteiger partial charge in [0.15, 0.2) is 0 Å². The number of hydrogen-bond donors (Lipinski definition) is 0. The van der Waals surface area contributed by atoms with Crippen LogP contribution in [0.1, 0.15) is 50.7 Å². The molecule has 0 bridgehead atoms. The van der Waals surface area contributed by atoms with E-state index in [1.165, 1.54) is 52.8 Å². The molecule has 5 heteroatoms. The molecule has 1 fully saturated rings. The molecule has 0 amide bonds. The largest absolute Gasteiger partial charge is 0.355 e. The number of para-hydroxylation sites is 1. The Morgan fingerprint density at radius 2 is 1.77 bits per heavy atom. The number of pyridine rings is 1. The number of thioether (sulfide) groups is 1. The molecule has 203 valence electrons. The predicted octanol–water partition coefficient (Wildman–Crippen LogP) is 8.98. The summed E-state index contributed by atoms with van der Waals surface area (Å²) in [4.78, 5) is 10.7. The molecular weight excluding hydrogens is 687 g/mol. The van der Waals surface area contributed by atoms with Crippen LogP contribution in [0, 0.1) is 18.1 Å². The molecule has 3 nitrogen and oxygen atoms in total. The van der Waals surface area contributed by atoms with E-state index in [1.807, 2.05) is 48.3 Å².